The molecule has 1 rings (SSSR count). The second-order valence-electron chi connectivity index (χ2n) is 2.45. The maximum absolute atomic E-state index is 4.92. The monoisotopic (exact) mass is 152 g/mol. The molecule has 0 unspecified atom stereocenters. The van der Waals surface area contributed by atoms with Gasteiger partial charge < -0.3 is 9.64 Å². The summed E-state index contributed by atoms with van der Waals surface area (Å²) < 4.78 is 4.92. The van der Waals surface area contributed by atoms with Gasteiger partial charge in [0, 0.05) is 20.2 Å². The number of aromatic nitrogens is 1. The molecule has 0 aromatic carbocycles. The number of rotatable bonds is 2. The minimum Gasteiger partial charge on any atom is -0.481 e. The fraction of sp³-hybridized carbons (Fsp3) is 0.375. The zero-order chi connectivity index (χ0) is 8.27. The molecule has 0 saturated heterocycles. The molecule has 3 heteroatoms. The van der Waals surface area contributed by atoms with Gasteiger partial charge in [-0.2, -0.15) is 0 Å². The van der Waals surface area contributed by atoms with Crippen molar-refractivity contribution in [3.05, 3.63) is 18.3 Å². The van der Waals surface area contributed by atoms with E-state index in [-0.39, 0.29) is 0 Å². The van der Waals surface area contributed by atoms with Crippen LogP contribution in [0, 0.1) is 0 Å². The summed E-state index contributed by atoms with van der Waals surface area (Å²) in [4.78, 5) is 6.05. The Morgan fingerprint density at radius 2 is 2.09 bits per heavy atom. The smallest absolute Gasteiger partial charge is 0.213 e. The Morgan fingerprint density at radius 1 is 1.36 bits per heavy atom. The third-order valence-corrected chi connectivity index (χ3v) is 1.45. The van der Waals surface area contributed by atoms with Crippen LogP contribution in [0.2, 0.25) is 0 Å². The largest absolute Gasteiger partial charge is 0.481 e. The average molecular weight is 152 g/mol. The number of pyridine rings is 1. The van der Waals surface area contributed by atoms with E-state index in [1.165, 1.54) is 0 Å². The van der Waals surface area contributed by atoms with Gasteiger partial charge in [0.2, 0.25) is 5.88 Å². The molecule has 1 aromatic rings. The molecule has 0 radical (unpaired) electrons. The number of hydrogen-bond donors (Lipinski definition) is 0. The van der Waals surface area contributed by atoms with Crippen molar-refractivity contribution in [1.82, 2.24) is 4.98 Å². The molecule has 3 nitrogen and oxygen atoms in total. The molecule has 1 aromatic heterocycles. The second kappa shape index (κ2) is 3.23. The van der Waals surface area contributed by atoms with Crippen LogP contribution in [0.3, 0.4) is 0 Å². The van der Waals surface area contributed by atoms with Gasteiger partial charge in [-0.3, -0.25) is 0 Å². The predicted octanol–water partition coefficient (Wildman–Crippen LogP) is 1.16. The first-order valence-corrected chi connectivity index (χ1v) is 3.41. The van der Waals surface area contributed by atoms with E-state index in [9.17, 15) is 0 Å². The first-order chi connectivity index (χ1) is 5.24. The fourth-order valence-corrected chi connectivity index (χ4v) is 0.758. The normalized spacial score (nSPS) is 9.36. The van der Waals surface area contributed by atoms with Gasteiger partial charge in [0.25, 0.3) is 0 Å². The number of nitrogens with zero attached hydrogens (tertiary/aromatic N) is 2. The molecule has 0 fully saturated rings. The summed E-state index contributed by atoms with van der Waals surface area (Å²) in [6.45, 7) is 0. The van der Waals surface area contributed by atoms with E-state index in [1.54, 1.807) is 13.3 Å². The molecule has 0 bridgehead atoms. The minimum atomic E-state index is 0.649. The van der Waals surface area contributed by atoms with Crippen LogP contribution in [0.15, 0.2) is 18.3 Å². The summed E-state index contributed by atoms with van der Waals surface area (Å²) in [5.41, 5.74) is 1.07. The van der Waals surface area contributed by atoms with Gasteiger partial charge >= 0.3 is 0 Å². The minimum absolute atomic E-state index is 0.649. The van der Waals surface area contributed by atoms with E-state index in [1.807, 2.05) is 31.1 Å². The van der Waals surface area contributed by atoms with Crippen molar-refractivity contribution >= 4 is 5.69 Å². The molecule has 0 aliphatic heterocycles. The Hall–Kier alpha value is -1.25. The third-order valence-electron chi connectivity index (χ3n) is 1.45. The van der Waals surface area contributed by atoms with Gasteiger partial charge in [-0.05, 0) is 6.07 Å². The Labute approximate surface area is 66.6 Å². The van der Waals surface area contributed by atoms with Crippen molar-refractivity contribution in [3.63, 3.8) is 0 Å². The molecule has 1 heterocycles. The number of ether oxygens (including phenoxy) is 1. The fourth-order valence-electron chi connectivity index (χ4n) is 0.758. The first kappa shape index (κ1) is 7.85. The van der Waals surface area contributed by atoms with Gasteiger partial charge in [-0.15, -0.1) is 0 Å². The topological polar surface area (TPSA) is 25.4 Å². The highest BCUT2D eigenvalue weighted by atomic mass is 16.5. The zero-order valence-corrected chi connectivity index (χ0v) is 7.03. The van der Waals surface area contributed by atoms with Gasteiger partial charge in [-0.1, -0.05) is 0 Å². The Balaban J connectivity index is 2.83. The van der Waals surface area contributed by atoms with E-state index in [4.69, 9.17) is 4.74 Å². The molecule has 0 atom stereocenters. The highest BCUT2D eigenvalue weighted by Gasteiger charge is 1.95. The van der Waals surface area contributed by atoms with Crippen LogP contribution in [-0.4, -0.2) is 26.2 Å². The molecule has 0 spiro atoms. The van der Waals surface area contributed by atoms with Gasteiger partial charge in [-0.25, -0.2) is 4.98 Å². The zero-order valence-electron chi connectivity index (χ0n) is 7.03. The van der Waals surface area contributed by atoms with Crippen molar-refractivity contribution in [2.24, 2.45) is 0 Å². The van der Waals surface area contributed by atoms with E-state index in [0.717, 1.165) is 5.69 Å². The Kier molecular flexibility index (Phi) is 2.31. The van der Waals surface area contributed by atoms with Gasteiger partial charge in [0.15, 0.2) is 0 Å². The third kappa shape index (κ3) is 1.83. The van der Waals surface area contributed by atoms with Gasteiger partial charge in [0.1, 0.15) is 0 Å². The van der Waals surface area contributed by atoms with Crippen LogP contribution in [-0.2, 0) is 0 Å². The summed E-state index contributed by atoms with van der Waals surface area (Å²) >= 11 is 0. The molecule has 0 N–H and O–H groups in total. The predicted molar refractivity (Wildman–Crippen MR) is 45.1 cm³/mol. The molecular formula is C8H12N2O. The van der Waals surface area contributed by atoms with Crippen molar-refractivity contribution in [1.29, 1.82) is 0 Å². The molecule has 0 amide bonds. The number of anilines is 1. The van der Waals surface area contributed by atoms with Crippen LogP contribution in [0.1, 0.15) is 0 Å². The van der Waals surface area contributed by atoms with Crippen LogP contribution in [0.4, 0.5) is 5.69 Å². The summed E-state index contributed by atoms with van der Waals surface area (Å²) in [5.74, 6) is 0.649. The van der Waals surface area contributed by atoms with Crippen molar-refractivity contribution in [2.75, 3.05) is 26.1 Å². The highest BCUT2D eigenvalue weighted by molar-refractivity contribution is 5.43. The number of hydrogen-bond acceptors (Lipinski definition) is 3. The lowest BCUT2D eigenvalue weighted by molar-refractivity contribution is 0.398. The standard InChI is InChI=1S/C8H12N2O/c1-10(2)7-4-5-8(11-3)9-6-7/h4-6H,1-3H3. The summed E-state index contributed by atoms with van der Waals surface area (Å²) in [6.07, 6.45) is 1.78. The molecule has 0 saturated carbocycles. The molecular weight excluding hydrogens is 140 g/mol. The summed E-state index contributed by atoms with van der Waals surface area (Å²) in [6, 6.07) is 3.81. The van der Waals surface area contributed by atoms with Gasteiger partial charge in [0.05, 0.1) is 19.0 Å². The Bertz CT molecular complexity index is 218. The first-order valence-electron chi connectivity index (χ1n) is 3.41. The SMILES string of the molecule is COc1ccc(N(C)C)cn1. The lowest BCUT2D eigenvalue weighted by atomic mass is 10.4. The second-order valence-corrected chi connectivity index (χ2v) is 2.45. The van der Waals surface area contributed by atoms with E-state index in [0.29, 0.717) is 5.88 Å². The van der Waals surface area contributed by atoms with E-state index in [2.05, 4.69) is 4.98 Å². The number of methoxy groups -OCH3 is 1. The molecule has 60 valence electrons. The van der Waals surface area contributed by atoms with E-state index >= 15 is 0 Å². The summed E-state index contributed by atoms with van der Waals surface area (Å²) in [7, 11) is 5.56. The highest BCUT2D eigenvalue weighted by Crippen LogP contribution is 2.12. The lowest BCUT2D eigenvalue weighted by Crippen LogP contribution is -2.08. The molecule has 11 heavy (non-hydrogen) atoms. The summed E-state index contributed by atoms with van der Waals surface area (Å²) in [5, 5.41) is 0. The van der Waals surface area contributed by atoms with Crippen molar-refractivity contribution < 1.29 is 4.74 Å². The Morgan fingerprint density at radius 3 is 2.45 bits per heavy atom. The van der Waals surface area contributed by atoms with Crippen molar-refractivity contribution in [3.8, 4) is 5.88 Å². The maximum Gasteiger partial charge on any atom is 0.213 e. The van der Waals surface area contributed by atoms with Crippen LogP contribution < -0.4 is 9.64 Å². The quantitative estimate of drug-likeness (QED) is 0.635. The van der Waals surface area contributed by atoms with E-state index < -0.39 is 0 Å². The molecule has 0 aliphatic rings. The average Bonchev–Trinajstić information content (AvgIpc) is 2.05. The lowest BCUT2D eigenvalue weighted by Gasteiger charge is -2.11. The van der Waals surface area contributed by atoms with Crippen molar-refractivity contribution in [2.45, 2.75) is 0 Å². The molecule has 0 aliphatic carbocycles. The van der Waals surface area contributed by atoms with Crippen LogP contribution in [0.5, 0.6) is 5.88 Å². The van der Waals surface area contributed by atoms with Crippen LogP contribution >= 0.6 is 0 Å². The maximum atomic E-state index is 4.92. The van der Waals surface area contributed by atoms with Crippen LogP contribution in [0.25, 0.3) is 0 Å².